The van der Waals surface area contributed by atoms with Gasteiger partial charge >= 0.3 is 5.97 Å². The molecule has 0 saturated carbocycles. The molecule has 0 aliphatic carbocycles. The number of likely N-dealkylation sites (N-methyl/N-ethyl adjacent to an activating group) is 1. The molecule has 8 heteroatoms. The summed E-state index contributed by atoms with van der Waals surface area (Å²) < 4.78 is 30.2. The molecule has 0 radical (unpaired) electrons. The predicted octanol–water partition coefficient (Wildman–Crippen LogP) is 2.18. The van der Waals surface area contributed by atoms with E-state index in [4.69, 9.17) is 23.2 Å². The highest BCUT2D eigenvalue weighted by Gasteiger charge is 2.29. The van der Waals surface area contributed by atoms with Crippen molar-refractivity contribution in [3.63, 3.8) is 0 Å². The van der Waals surface area contributed by atoms with Crippen molar-refractivity contribution >= 4 is 39.2 Å². The van der Waals surface area contributed by atoms with Crippen LogP contribution in [0.25, 0.3) is 0 Å². The lowest BCUT2D eigenvalue weighted by Gasteiger charge is -2.20. The molecule has 0 spiro atoms. The largest absolute Gasteiger partial charge is 0.468 e. The van der Waals surface area contributed by atoms with E-state index >= 15 is 0 Å². The SMILES string of the molecule is CCN(CC(=O)OC)S(=O)(=O)c1c(Cl)cccc1Cl. The lowest BCUT2D eigenvalue weighted by atomic mass is 10.4. The average Bonchev–Trinajstić information content (AvgIpc) is 2.34. The number of esters is 1. The van der Waals surface area contributed by atoms with Crippen molar-refractivity contribution in [2.45, 2.75) is 11.8 Å². The van der Waals surface area contributed by atoms with Gasteiger partial charge in [0.15, 0.2) is 0 Å². The zero-order chi connectivity index (χ0) is 14.6. The summed E-state index contributed by atoms with van der Waals surface area (Å²) in [5, 5.41) is 0.0200. The molecule has 0 bridgehead atoms. The molecule has 0 aromatic heterocycles. The van der Waals surface area contributed by atoms with Crippen molar-refractivity contribution in [1.82, 2.24) is 4.31 Å². The Morgan fingerprint density at radius 3 is 2.26 bits per heavy atom. The number of rotatable bonds is 5. The van der Waals surface area contributed by atoms with Gasteiger partial charge < -0.3 is 4.74 Å². The van der Waals surface area contributed by atoms with Crippen LogP contribution >= 0.6 is 23.2 Å². The summed E-state index contributed by atoms with van der Waals surface area (Å²) in [6, 6.07) is 4.39. The molecule has 0 aliphatic heterocycles. The van der Waals surface area contributed by atoms with Crippen LogP contribution < -0.4 is 0 Å². The van der Waals surface area contributed by atoms with Crippen LogP contribution in [-0.4, -0.2) is 38.9 Å². The van der Waals surface area contributed by atoms with Gasteiger partial charge in [-0.05, 0) is 12.1 Å². The predicted molar refractivity (Wildman–Crippen MR) is 72.9 cm³/mol. The number of carbonyl (C=O) groups excluding carboxylic acids is 1. The molecule has 1 aromatic rings. The van der Waals surface area contributed by atoms with Crippen molar-refractivity contribution in [1.29, 1.82) is 0 Å². The third-order valence-electron chi connectivity index (χ3n) is 2.40. The molecular formula is C11H13Cl2NO4S. The minimum atomic E-state index is -3.95. The maximum absolute atomic E-state index is 12.4. The van der Waals surface area contributed by atoms with Crippen LogP contribution in [0.2, 0.25) is 10.0 Å². The number of nitrogens with zero attached hydrogens (tertiary/aromatic N) is 1. The normalized spacial score (nSPS) is 11.6. The quantitative estimate of drug-likeness (QED) is 0.778. The Labute approximate surface area is 122 Å². The van der Waals surface area contributed by atoms with Gasteiger partial charge in [-0.2, -0.15) is 4.31 Å². The van der Waals surface area contributed by atoms with E-state index in [-0.39, 0.29) is 21.5 Å². The number of halogens is 2. The molecule has 5 nitrogen and oxygen atoms in total. The van der Waals surface area contributed by atoms with E-state index in [1.165, 1.54) is 19.2 Å². The Kier molecular flexibility index (Phi) is 5.61. The fourth-order valence-electron chi connectivity index (χ4n) is 1.43. The summed E-state index contributed by atoms with van der Waals surface area (Å²) in [4.78, 5) is 11.0. The molecule has 19 heavy (non-hydrogen) atoms. The Morgan fingerprint density at radius 2 is 1.84 bits per heavy atom. The molecule has 0 unspecified atom stereocenters. The summed E-state index contributed by atoms with van der Waals surface area (Å²) >= 11 is 11.8. The number of ether oxygens (including phenoxy) is 1. The highest BCUT2D eigenvalue weighted by Crippen LogP contribution is 2.31. The van der Waals surface area contributed by atoms with Crippen LogP contribution in [0.4, 0.5) is 0 Å². The fraction of sp³-hybridized carbons (Fsp3) is 0.364. The molecule has 1 aromatic carbocycles. The molecule has 1 rings (SSSR count). The van der Waals surface area contributed by atoms with Crippen LogP contribution in [0.3, 0.4) is 0 Å². The van der Waals surface area contributed by atoms with Crippen molar-refractivity contribution in [3.05, 3.63) is 28.2 Å². The summed E-state index contributed by atoms with van der Waals surface area (Å²) in [6.45, 7) is 1.31. The van der Waals surface area contributed by atoms with E-state index in [1.807, 2.05) is 0 Å². The highest BCUT2D eigenvalue weighted by atomic mass is 35.5. The Morgan fingerprint density at radius 1 is 1.32 bits per heavy atom. The smallest absolute Gasteiger partial charge is 0.321 e. The summed E-state index contributed by atoms with van der Waals surface area (Å²) in [5.74, 6) is -0.659. The van der Waals surface area contributed by atoms with Gasteiger partial charge in [0.2, 0.25) is 10.0 Å². The van der Waals surface area contributed by atoms with Gasteiger partial charge in [0.1, 0.15) is 11.4 Å². The number of hydrogen-bond donors (Lipinski definition) is 0. The van der Waals surface area contributed by atoms with E-state index < -0.39 is 22.5 Å². The molecule has 0 aliphatic rings. The van der Waals surface area contributed by atoms with Crippen molar-refractivity contribution in [2.24, 2.45) is 0 Å². The molecular weight excluding hydrogens is 313 g/mol. The minimum Gasteiger partial charge on any atom is -0.468 e. The standard InChI is InChI=1S/C11H13Cl2NO4S/c1-3-14(7-10(15)18-2)19(16,17)11-8(12)5-4-6-9(11)13/h4-6H,3,7H2,1-2H3. The lowest BCUT2D eigenvalue weighted by Crippen LogP contribution is -2.36. The number of sulfonamides is 1. The van der Waals surface area contributed by atoms with Gasteiger partial charge in [0.05, 0.1) is 17.2 Å². The maximum Gasteiger partial charge on any atom is 0.321 e. The first-order chi connectivity index (χ1) is 8.84. The highest BCUT2D eigenvalue weighted by molar-refractivity contribution is 7.89. The van der Waals surface area contributed by atoms with Crippen LogP contribution in [0.5, 0.6) is 0 Å². The lowest BCUT2D eigenvalue weighted by molar-refractivity contribution is -0.140. The number of benzene rings is 1. The summed E-state index contributed by atoms with van der Waals surface area (Å²) in [5.41, 5.74) is 0. The molecule has 0 fully saturated rings. The van der Waals surface area contributed by atoms with Crippen LogP contribution in [0.15, 0.2) is 23.1 Å². The first kappa shape index (κ1) is 16.2. The average molecular weight is 326 g/mol. The first-order valence-electron chi connectivity index (χ1n) is 5.35. The van der Waals surface area contributed by atoms with Gasteiger partial charge in [0, 0.05) is 6.54 Å². The van der Waals surface area contributed by atoms with Gasteiger partial charge in [-0.25, -0.2) is 8.42 Å². The van der Waals surface area contributed by atoms with Crippen molar-refractivity contribution in [2.75, 3.05) is 20.2 Å². The first-order valence-corrected chi connectivity index (χ1v) is 7.55. The molecule has 106 valence electrons. The number of carbonyl (C=O) groups is 1. The van der Waals surface area contributed by atoms with E-state index in [9.17, 15) is 13.2 Å². The van der Waals surface area contributed by atoms with E-state index in [0.29, 0.717) is 0 Å². The third kappa shape index (κ3) is 3.60. The van der Waals surface area contributed by atoms with Crippen LogP contribution in [0, 0.1) is 0 Å². The summed E-state index contributed by atoms with van der Waals surface area (Å²) in [7, 11) is -2.76. The summed E-state index contributed by atoms with van der Waals surface area (Å²) in [6.07, 6.45) is 0. The van der Waals surface area contributed by atoms with Gasteiger partial charge in [-0.1, -0.05) is 36.2 Å². The fourth-order valence-corrected chi connectivity index (χ4v) is 3.92. The van der Waals surface area contributed by atoms with E-state index in [1.54, 1.807) is 13.0 Å². The minimum absolute atomic E-state index is 0.0100. The van der Waals surface area contributed by atoms with E-state index in [2.05, 4.69) is 4.74 Å². The second-order valence-corrected chi connectivity index (χ2v) is 6.25. The third-order valence-corrected chi connectivity index (χ3v) is 5.28. The van der Waals surface area contributed by atoms with Crippen LogP contribution in [-0.2, 0) is 19.6 Å². The second kappa shape index (κ2) is 6.56. The molecule has 0 heterocycles. The number of hydrogen-bond acceptors (Lipinski definition) is 4. The zero-order valence-electron chi connectivity index (χ0n) is 10.4. The van der Waals surface area contributed by atoms with Gasteiger partial charge in [0.25, 0.3) is 0 Å². The van der Waals surface area contributed by atoms with Crippen molar-refractivity contribution in [3.8, 4) is 0 Å². The second-order valence-electron chi connectivity index (χ2n) is 3.56. The van der Waals surface area contributed by atoms with Crippen molar-refractivity contribution < 1.29 is 17.9 Å². The zero-order valence-corrected chi connectivity index (χ0v) is 12.7. The maximum atomic E-state index is 12.4. The van der Waals surface area contributed by atoms with E-state index in [0.717, 1.165) is 4.31 Å². The topological polar surface area (TPSA) is 63.7 Å². The Balaban J connectivity index is 3.25. The van der Waals surface area contributed by atoms with Gasteiger partial charge in [-0.3, -0.25) is 4.79 Å². The van der Waals surface area contributed by atoms with Crippen LogP contribution in [0.1, 0.15) is 6.92 Å². The molecule has 0 N–H and O–H groups in total. The Bertz CT molecular complexity index is 554. The molecule has 0 atom stereocenters. The Hall–Kier alpha value is -0.820. The monoisotopic (exact) mass is 325 g/mol. The number of methoxy groups -OCH3 is 1. The molecule has 0 saturated heterocycles. The van der Waals surface area contributed by atoms with Gasteiger partial charge in [-0.15, -0.1) is 0 Å². The molecule has 0 amide bonds.